The summed E-state index contributed by atoms with van der Waals surface area (Å²) >= 11 is 0. The van der Waals surface area contributed by atoms with Crippen LogP contribution in [0.25, 0.3) is 10.9 Å². The number of nitrogens with zero attached hydrogens (tertiary/aromatic N) is 1. The van der Waals surface area contributed by atoms with Crippen molar-refractivity contribution in [3.63, 3.8) is 0 Å². The minimum atomic E-state index is -1.67. The number of carbonyl (C=O) groups is 1. The fourth-order valence-corrected chi connectivity index (χ4v) is 4.98. The maximum Gasteiger partial charge on any atom is 0.254 e. The summed E-state index contributed by atoms with van der Waals surface area (Å²) < 4.78 is 21.7. The van der Waals surface area contributed by atoms with Gasteiger partial charge in [-0.25, -0.2) is 4.39 Å². The van der Waals surface area contributed by atoms with Gasteiger partial charge in [-0.15, -0.1) is 0 Å². The van der Waals surface area contributed by atoms with Gasteiger partial charge in [0.25, 0.3) is 5.91 Å². The number of pyridine rings is 1. The van der Waals surface area contributed by atoms with E-state index in [0.717, 1.165) is 51.4 Å². The van der Waals surface area contributed by atoms with Crippen LogP contribution in [0, 0.1) is 0 Å². The van der Waals surface area contributed by atoms with Crippen molar-refractivity contribution < 1.29 is 13.9 Å². The van der Waals surface area contributed by atoms with Gasteiger partial charge in [0.05, 0.1) is 5.52 Å². The Morgan fingerprint density at radius 3 is 2.47 bits per heavy atom. The minimum Gasteiger partial charge on any atom is -0.382 e. The van der Waals surface area contributed by atoms with Crippen LogP contribution in [0.1, 0.15) is 86.1 Å². The molecule has 2 aliphatic carbocycles. The number of hydrogen-bond acceptors (Lipinski definition) is 4. The number of nitrogens with one attached hydrogen (secondary N) is 1. The van der Waals surface area contributed by atoms with Crippen molar-refractivity contribution in [2.24, 2.45) is 5.73 Å². The van der Waals surface area contributed by atoms with Gasteiger partial charge in [-0.2, -0.15) is 0 Å². The molecule has 2 saturated carbocycles. The molecule has 3 N–H and O–H groups in total. The van der Waals surface area contributed by atoms with Crippen molar-refractivity contribution in [1.82, 2.24) is 4.57 Å². The first kappa shape index (κ1) is 20.8. The number of hydrogen-bond donors (Lipinski definition) is 2. The first-order valence-electron chi connectivity index (χ1n) is 11.0. The fraction of sp³-hybridized carbons (Fsp3) is 0.565. The van der Waals surface area contributed by atoms with E-state index in [2.05, 4.69) is 5.32 Å². The van der Waals surface area contributed by atoms with Crippen molar-refractivity contribution in [2.75, 3.05) is 12.4 Å². The molecule has 2 aromatic rings. The topological polar surface area (TPSA) is 86.3 Å². The second kappa shape index (κ2) is 8.76. The number of amides is 1. The second-order valence-corrected chi connectivity index (χ2v) is 8.57. The van der Waals surface area contributed by atoms with Crippen molar-refractivity contribution in [3.05, 3.63) is 39.7 Å². The van der Waals surface area contributed by atoms with Crippen LogP contribution in [0.3, 0.4) is 0 Å². The van der Waals surface area contributed by atoms with Crippen molar-refractivity contribution in [2.45, 2.75) is 76.2 Å². The lowest BCUT2D eigenvalue weighted by Crippen LogP contribution is -2.26. The zero-order chi connectivity index (χ0) is 21.3. The predicted octanol–water partition coefficient (Wildman–Crippen LogP) is 4.57. The maximum atomic E-state index is 14.7. The lowest BCUT2D eigenvalue weighted by Gasteiger charge is -2.27. The molecule has 0 aliphatic heterocycles. The first-order chi connectivity index (χ1) is 14.5. The molecule has 4 rings (SSSR count). The molecular weight excluding hydrogens is 385 g/mol. The van der Waals surface area contributed by atoms with Gasteiger partial charge < -0.3 is 20.4 Å². The number of methoxy groups -OCH3 is 1. The van der Waals surface area contributed by atoms with Gasteiger partial charge in [0.15, 0.2) is 0 Å². The zero-order valence-corrected chi connectivity index (χ0v) is 17.5. The number of fused-ring (bicyclic) bond motifs is 1. The lowest BCUT2D eigenvalue weighted by molar-refractivity contribution is -0.00602. The molecule has 2 aliphatic rings. The van der Waals surface area contributed by atoms with Crippen LogP contribution in [0.5, 0.6) is 0 Å². The van der Waals surface area contributed by atoms with Crippen molar-refractivity contribution in [3.8, 4) is 0 Å². The third-order valence-electron chi connectivity index (χ3n) is 6.60. The molecular formula is C23H30FN3O3. The number of rotatable bonds is 6. The van der Waals surface area contributed by atoms with Crippen LogP contribution in [-0.4, -0.2) is 23.6 Å². The Hall–Kier alpha value is -2.41. The van der Waals surface area contributed by atoms with E-state index in [-0.39, 0.29) is 23.2 Å². The summed E-state index contributed by atoms with van der Waals surface area (Å²) in [7, 11) is 1.30. The van der Waals surface area contributed by atoms with Gasteiger partial charge in [0, 0.05) is 42.0 Å². The van der Waals surface area contributed by atoms with Crippen LogP contribution >= 0.6 is 0 Å². The van der Waals surface area contributed by atoms with E-state index in [1.807, 2.05) is 10.6 Å². The smallest absolute Gasteiger partial charge is 0.254 e. The average Bonchev–Trinajstić information content (AvgIpc) is 3.28. The average molecular weight is 416 g/mol. The zero-order valence-electron chi connectivity index (χ0n) is 17.5. The van der Waals surface area contributed by atoms with Gasteiger partial charge in [-0.3, -0.25) is 9.59 Å². The predicted molar refractivity (Wildman–Crippen MR) is 116 cm³/mol. The molecule has 162 valence electrons. The highest BCUT2D eigenvalue weighted by Crippen LogP contribution is 2.36. The maximum absolute atomic E-state index is 14.7. The van der Waals surface area contributed by atoms with E-state index in [0.29, 0.717) is 16.6 Å². The summed E-state index contributed by atoms with van der Waals surface area (Å²) in [5, 5.41) is 3.81. The molecule has 1 atom stereocenters. The fourth-order valence-electron chi connectivity index (χ4n) is 4.98. The SMILES string of the molecule is COC(F)c1cc2c(=O)c(C(N)=O)cn(C3CCCC3)c2cc1NC1CCCCC1. The first-order valence-corrected chi connectivity index (χ1v) is 11.0. The third kappa shape index (κ3) is 3.95. The molecule has 0 saturated heterocycles. The summed E-state index contributed by atoms with van der Waals surface area (Å²) in [4.78, 5) is 24.9. The third-order valence-corrected chi connectivity index (χ3v) is 6.60. The monoisotopic (exact) mass is 415 g/mol. The molecule has 1 heterocycles. The summed E-state index contributed by atoms with van der Waals surface area (Å²) in [6, 6.07) is 3.86. The minimum absolute atomic E-state index is 0.0545. The van der Waals surface area contributed by atoms with Gasteiger partial charge >= 0.3 is 0 Å². The number of ether oxygens (including phenoxy) is 1. The molecule has 7 heteroatoms. The molecule has 1 aromatic heterocycles. The van der Waals surface area contributed by atoms with E-state index in [9.17, 15) is 14.0 Å². The Morgan fingerprint density at radius 1 is 1.17 bits per heavy atom. The summed E-state index contributed by atoms with van der Waals surface area (Å²) in [6.45, 7) is 0. The molecule has 0 radical (unpaired) electrons. The van der Waals surface area contributed by atoms with Crippen LogP contribution in [-0.2, 0) is 4.74 Å². The molecule has 1 amide bonds. The molecule has 1 unspecified atom stereocenters. The summed E-state index contributed by atoms with van der Waals surface area (Å²) in [6.07, 6.45) is 9.70. The number of benzene rings is 1. The molecule has 0 spiro atoms. The number of alkyl halides is 1. The van der Waals surface area contributed by atoms with Crippen molar-refractivity contribution >= 4 is 22.5 Å². The van der Waals surface area contributed by atoms with Crippen LogP contribution in [0.2, 0.25) is 0 Å². The summed E-state index contributed by atoms with van der Waals surface area (Å²) in [5.74, 6) is -0.761. The van der Waals surface area contributed by atoms with Crippen molar-refractivity contribution in [1.29, 1.82) is 0 Å². The molecule has 2 fully saturated rings. The normalized spacial score (nSPS) is 19.3. The van der Waals surface area contributed by atoms with Gasteiger partial charge in [-0.1, -0.05) is 32.1 Å². The van der Waals surface area contributed by atoms with E-state index >= 15 is 0 Å². The number of aromatic nitrogens is 1. The van der Waals surface area contributed by atoms with E-state index in [1.165, 1.54) is 19.6 Å². The highest BCUT2D eigenvalue weighted by molar-refractivity contribution is 5.97. The highest BCUT2D eigenvalue weighted by atomic mass is 19.1. The largest absolute Gasteiger partial charge is 0.382 e. The quantitative estimate of drug-likeness (QED) is 0.723. The Labute approximate surface area is 175 Å². The Bertz CT molecular complexity index is 991. The molecule has 1 aromatic carbocycles. The van der Waals surface area contributed by atoms with Crippen LogP contribution < -0.4 is 16.5 Å². The molecule has 6 nitrogen and oxygen atoms in total. The number of primary amides is 1. The Kier molecular flexibility index (Phi) is 6.09. The Morgan fingerprint density at radius 2 is 1.83 bits per heavy atom. The summed E-state index contributed by atoms with van der Waals surface area (Å²) in [5.41, 5.74) is 6.62. The Balaban J connectivity index is 1.91. The number of carbonyl (C=O) groups excluding carboxylic acids is 1. The number of halogens is 1. The standard InChI is InChI=1S/C23H30FN3O3/c1-30-22(24)16-11-17-20(12-19(16)26-14-7-3-2-4-8-14)27(15-9-5-6-10-15)13-18(21(17)28)23(25)29/h11-15,22,26H,2-10H2,1H3,(H2,25,29). The van der Waals surface area contributed by atoms with Crippen LogP contribution in [0.4, 0.5) is 10.1 Å². The molecule has 0 bridgehead atoms. The van der Waals surface area contributed by atoms with Gasteiger partial charge in [0.1, 0.15) is 5.56 Å². The highest BCUT2D eigenvalue weighted by Gasteiger charge is 2.25. The van der Waals surface area contributed by atoms with E-state index < -0.39 is 17.7 Å². The van der Waals surface area contributed by atoms with E-state index in [1.54, 1.807) is 6.20 Å². The lowest BCUT2D eigenvalue weighted by atomic mass is 9.94. The molecule has 30 heavy (non-hydrogen) atoms. The van der Waals surface area contributed by atoms with Gasteiger partial charge in [0.2, 0.25) is 11.8 Å². The number of anilines is 1. The van der Waals surface area contributed by atoms with E-state index in [4.69, 9.17) is 10.5 Å². The second-order valence-electron chi connectivity index (χ2n) is 8.57. The van der Waals surface area contributed by atoms with Crippen LogP contribution in [0.15, 0.2) is 23.1 Å². The number of nitrogens with two attached hydrogens (primary N) is 1. The van der Waals surface area contributed by atoms with Gasteiger partial charge in [-0.05, 0) is 37.8 Å².